The highest BCUT2D eigenvalue weighted by atomic mass is 32.2. The van der Waals surface area contributed by atoms with E-state index < -0.39 is 17.7 Å². The van der Waals surface area contributed by atoms with Crippen LogP contribution in [0.25, 0.3) is 0 Å². The molecule has 0 radical (unpaired) electrons. The molecule has 2 atom stereocenters. The Bertz CT molecular complexity index is 429. The van der Waals surface area contributed by atoms with Gasteiger partial charge in [0.05, 0.1) is 12.1 Å². The lowest BCUT2D eigenvalue weighted by molar-refractivity contribution is -0.0328. The first-order chi connectivity index (χ1) is 9.37. The largest absolute Gasteiger partial charge is 0.446 e. The van der Waals surface area contributed by atoms with Gasteiger partial charge >= 0.3 is 5.51 Å². The normalized spacial score (nSPS) is 20.1. The van der Waals surface area contributed by atoms with Crippen molar-refractivity contribution in [3.8, 4) is 0 Å². The first-order valence-electron chi connectivity index (χ1n) is 6.66. The molecule has 20 heavy (non-hydrogen) atoms. The summed E-state index contributed by atoms with van der Waals surface area (Å²) in [7, 11) is 0. The number of alkyl halides is 3. The van der Waals surface area contributed by atoms with Crippen LogP contribution in [-0.4, -0.2) is 16.7 Å². The highest BCUT2D eigenvalue weighted by Gasteiger charge is 2.30. The van der Waals surface area contributed by atoms with Gasteiger partial charge in [-0.1, -0.05) is 25.0 Å². The molecule has 0 saturated heterocycles. The third-order valence-electron chi connectivity index (χ3n) is 3.75. The molecule has 1 fully saturated rings. The van der Waals surface area contributed by atoms with Crippen LogP contribution in [0, 0.1) is 5.92 Å². The fraction of sp³-hybridized carbons (Fsp3) is 0.571. The third kappa shape index (κ3) is 4.14. The second kappa shape index (κ2) is 6.37. The van der Waals surface area contributed by atoms with Gasteiger partial charge in [0.1, 0.15) is 0 Å². The van der Waals surface area contributed by atoms with Gasteiger partial charge in [-0.2, -0.15) is 13.2 Å². The summed E-state index contributed by atoms with van der Waals surface area (Å²) in [6, 6.07) is 5.39. The number of hydrogen-bond acceptors (Lipinski definition) is 3. The van der Waals surface area contributed by atoms with Crippen molar-refractivity contribution in [1.82, 2.24) is 0 Å². The molecule has 0 heterocycles. The fourth-order valence-corrected chi connectivity index (χ4v) is 3.22. The molecule has 2 nitrogen and oxygen atoms in total. The first kappa shape index (κ1) is 15.7. The maximum atomic E-state index is 12.2. The third-order valence-corrected chi connectivity index (χ3v) is 4.49. The van der Waals surface area contributed by atoms with E-state index in [4.69, 9.17) is 5.73 Å². The quantitative estimate of drug-likeness (QED) is 0.831. The van der Waals surface area contributed by atoms with Gasteiger partial charge in [-0.15, -0.1) is 0 Å². The van der Waals surface area contributed by atoms with Crippen molar-refractivity contribution in [2.45, 2.75) is 48.2 Å². The van der Waals surface area contributed by atoms with Gasteiger partial charge in [0.2, 0.25) is 0 Å². The van der Waals surface area contributed by atoms with E-state index in [2.05, 4.69) is 0 Å². The SMILES string of the molecule is N[C@@H](c1ccc(SC(F)(F)F)cc1)[C@H](O)C1CCCC1. The number of aliphatic hydroxyl groups is 1. The predicted octanol–water partition coefficient (Wildman–Crippen LogP) is 3.85. The number of halogens is 3. The molecule has 3 N–H and O–H groups in total. The highest BCUT2D eigenvalue weighted by Crippen LogP contribution is 2.37. The van der Waals surface area contributed by atoms with E-state index in [1.165, 1.54) is 12.1 Å². The molecule has 0 bridgehead atoms. The Labute approximate surface area is 120 Å². The van der Waals surface area contributed by atoms with Gasteiger partial charge in [0.15, 0.2) is 0 Å². The van der Waals surface area contributed by atoms with Crippen LogP contribution in [0.5, 0.6) is 0 Å². The minimum absolute atomic E-state index is 0.129. The summed E-state index contributed by atoms with van der Waals surface area (Å²) in [6.45, 7) is 0. The first-order valence-corrected chi connectivity index (χ1v) is 7.48. The van der Waals surface area contributed by atoms with E-state index in [1.54, 1.807) is 12.1 Å². The number of hydrogen-bond donors (Lipinski definition) is 2. The van der Waals surface area contributed by atoms with Crippen LogP contribution >= 0.6 is 11.8 Å². The second-order valence-electron chi connectivity index (χ2n) is 5.18. The number of nitrogens with two attached hydrogens (primary N) is 1. The summed E-state index contributed by atoms with van der Waals surface area (Å²) in [5.74, 6) is 0.203. The molecule has 1 aliphatic rings. The molecule has 0 aromatic heterocycles. The maximum absolute atomic E-state index is 12.2. The van der Waals surface area contributed by atoms with E-state index in [0.29, 0.717) is 5.56 Å². The molecule has 6 heteroatoms. The molecular formula is C14H18F3NOS. The van der Waals surface area contributed by atoms with Gasteiger partial charge in [0.25, 0.3) is 0 Å². The minimum atomic E-state index is -4.28. The number of benzene rings is 1. The van der Waals surface area contributed by atoms with Crippen LogP contribution in [-0.2, 0) is 0 Å². The molecule has 112 valence electrons. The Morgan fingerprint density at radius 3 is 2.20 bits per heavy atom. The topological polar surface area (TPSA) is 46.2 Å². The van der Waals surface area contributed by atoms with Crippen molar-refractivity contribution in [2.75, 3.05) is 0 Å². The summed E-state index contributed by atoms with van der Waals surface area (Å²) in [4.78, 5) is 0.129. The van der Waals surface area contributed by atoms with E-state index in [0.717, 1.165) is 25.7 Å². The lowest BCUT2D eigenvalue weighted by Gasteiger charge is -2.24. The molecule has 1 aliphatic carbocycles. The molecule has 0 amide bonds. The summed E-state index contributed by atoms with van der Waals surface area (Å²) >= 11 is -0.148. The van der Waals surface area contributed by atoms with Crippen LogP contribution in [0.3, 0.4) is 0 Å². The summed E-state index contributed by atoms with van der Waals surface area (Å²) in [5, 5.41) is 10.2. The Kier molecular flexibility index (Phi) is 4.99. The average molecular weight is 305 g/mol. The second-order valence-corrected chi connectivity index (χ2v) is 6.32. The predicted molar refractivity (Wildman–Crippen MR) is 73.2 cm³/mol. The maximum Gasteiger partial charge on any atom is 0.446 e. The zero-order valence-corrected chi connectivity index (χ0v) is 11.8. The van der Waals surface area contributed by atoms with Crippen molar-refractivity contribution >= 4 is 11.8 Å². The standard InChI is InChI=1S/C14H18F3NOS/c15-14(16,17)20-11-7-5-9(6-8-11)12(18)13(19)10-3-1-2-4-10/h5-8,10,12-13,19H,1-4,18H2/t12-,13+/m0/s1. The summed E-state index contributed by atoms with van der Waals surface area (Å²) in [6.07, 6.45) is 3.53. The van der Waals surface area contributed by atoms with Crippen LogP contribution in [0.1, 0.15) is 37.3 Å². The van der Waals surface area contributed by atoms with Crippen molar-refractivity contribution in [3.63, 3.8) is 0 Å². The highest BCUT2D eigenvalue weighted by molar-refractivity contribution is 8.00. The van der Waals surface area contributed by atoms with Crippen LogP contribution in [0.15, 0.2) is 29.2 Å². The van der Waals surface area contributed by atoms with Gasteiger partial charge in [0, 0.05) is 4.90 Å². The lowest BCUT2D eigenvalue weighted by atomic mass is 9.91. The smallest absolute Gasteiger partial charge is 0.391 e. The van der Waals surface area contributed by atoms with Crippen molar-refractivity contribution < 1.29 is 18.3 Å². The van der Waals surface area contributed by atoms with Crippen LogP contribution in [0.4, 0.5) is 13.2 Å². The molecule has 2 rings (SSSR count). The minimum Gasteiger partial charge on any atom is -0.391 e. The van der Waals surface area contributed by atoms with E-state index in [-0.39, 0.29) is 22.6 Å². The number of thioether (sulfide) groups is 1. The molecule has 1 saturated carbocycles. The molecule has 0 unspecified atom stereocenters. The fourth-order valence-electron chi connectivity index (χ4n) is 2.68. The van der Waals surface area contributed by atoms with Crippen molar-refractivity contribution in [1.29, 1.82) is 0 Å². The van der Waals surface area contributed by atoms with Gasteiger partial charge in [-0.05, 0) is 48.2 Å². The van der Waals surface area contributed by atoms with E-state index in [9.17, 15) is 18.3 Å². The van der Waals surface area contributed by atoms with Gasteiger partial charge < -0.3 is 10.8 Å². The molecule has 0 aliphatic heterocycles. The van der Waals surface area contributed by atoms with Crippen molar-refractivity contribution in [2.24, 2.45) is 11.7 Å². The lowest BCUT2D eigenvalue weighted by Crippen LogP contribution is -2.31. The summed E-state index contributed by atoms with van der Waals surface area (Å²) in [5.41, 5.74) is 2.41. The van der Waals surface area contributed by atoms with Crippen molar-refractivity contribution in [3.05, 3.63) is 29.8 Å². The molecule has 1 aromatic carbocycles. The van der Waals surface area contributed by atoms with Crippen LogP contribution in [0.2, 0.25) is 0 Å². The number of aliphatic hydroxyl groups excluding tert-OH is 1. The molecule has 1 aromatic rings. The Hall–Kier alpha value is -0.720. The van der Waals surface area contributed by atoms with Gasteiger partial charge in [-0.25, -0.2) is 0 Å². The zero-order chi connectivity index (χ0) is 14.8. The monoisotopic (exact) mass is 305 g/mol. The van der Waals surface area contributed by atoms with Crippen LogP contribution < -0.4 is 5.73 Å². The zero-order valence-electron chi connectivity index (χ0n) is 10.9. The number of rotatable bonds is 4. The molecule has 0 spiro atoms. The molecular weight excluding hydrogens is 287 g/mol. The van der Waals surface area contributed by atoms with Gasteiger partial charge in [-0.3, -0.25) is 0 Å². The van der Waals surface area contributed by atoms with E-state index in [1.807, 2.05) is 0 Å². The Morgan fingerprint density at radius 2 is 1.70 bits per heavy atom. The van der Waals surface area contributed by atoms with E-state index >= 15 is 0 Å². The Balaban J connectivity index is 2.01. The average Bonchev–Trinajstić information content (AvgIpc) is 2.90. The Morgan fingerprint density at radius 1 is 1.15 bits per heavy atom. The summed E-state index contributed by atoms with van der Waals surface area (Å²) < 4.78 is 36.7.